The Kier molecular flexibility index (Phi) is 14.0. The van der Waals surface area contributed by atoms with Crippen molar-refractivity contribution in [3.63, 3.8) is 0 Å². The Bertz CT molecular complexity index is 671. The molecular formula is C29H40. The standard InChI is InChI=1S/C23H22.3C2H6/c1-3-19(2)23(20-13-7-4-8-14-20,21-15-9-5-10-16-21)22-17-11-6-12-18-22;3*1-2/h3-18H,1-2H3;3*1-2H3/b19-3+;;;. The molecule has 0 heteroatoms. The first-order chi connectivity index (χ1) is 14.3. The molecule has 0 fully saturated rings. The molecule has 0 bridgehead atoms. The molecule has 3 aromatic carbocycles. The zero-order valence-electron chi connectivity index (χ0n) is 19.7. The maximum atomic E-state index is 2.23. The van der Waals surface area contributed by atoms with Crippen LogP contribution in [0.15, 0.2) is 103 Å². The van der Waals surface area contributed by atoms with Crippen LogP contribution in [0.2, 0.25) is 0 Å². The van der Waals surface area contributed by atoms with Crippen molar-refractivity contribution in [2.45, 2.75) is 60.8 Å². The molecule has 0 atom stereocenters. The summed E-state index contributed by atoms with van der Waals surface area (Å²) in [7, 11) is 0. The maximum absolute atomic E-state index is 2.23. The van der Waals surface area contributed by atoms with E-state index >= 15 is 0 Å². The summed E-state index contributed by atoms with van der Waals surface area (Å²) in [6.07, 6.45) is 2.23. The molecule has 0 spiro atoms. The van der Waals surface area contributed by atoms with E-state index in [1.807, 2.05) is 41.5 Å². The van der Waals surface area contributed by atoms with Crippen molar-refractivity contribution in [2.24, 2.45) is 0 Å². The summed E-state index contributed by atoms with van der Waals surface area (Å²) in [5.41, 5.74) is 4.98. The predicted molar refractivity (Wildman–Crippen MR) is 133 cm³/mol. The SMILES string of the molecule is C/C=C(\C)C(c1ccccc1)(c1ccccc1)c1ccccc1.CC.CC.CC. The first-order valence-electron chi connectivity index (χ1n) is 11.1. The van der Waals surface area contributed by atoms with Crippen molar-refractivity contribution in [3.8, 4) is 0 Å². The van der Waals surface area contributed by atoms with Gasteiger partial charge in [-0.05, 0) is 30.5 Å². The highest BCUT2D eigenvalue weighted by molar-refractivity contribution is 5.57. The lowest BCUT2D eigenvalue weighted by Crippen LogP contribution is -2.30. The van der Waals surface area contributed by atoms with Gasteiger partial charge in [-0.1, -0.05) is 144 Å². The molecule has 0 aliphatic carbocycles. The molecule has 0 radical (unpaired) electrons. The number of benzene rings is 3. The second-order valence-corrected chi connectivity index (χ2v) is 5.82. The van der Waals surface area contributed by atoms with Gasteiger partial charge in [-0.25, -0.2) is 0 Å². The van der Waals surface area contributed by atoms with Crippen LogP contribution in [-0.4, -0.2) is 0 Å². The topological polar surface area (TPSA) is 0 Å². The maximum Gasteiger partial charge on any atom is 0.0658 e. The summed E-state index contributed by atoms with van der Waals surface area (Å²) in [6.45, 7) is 16.4. The molecule has 156 valence electrons. The molecule has 0 heterocycles. The van der Waals surface area contributed by atoms with Crippen molar-refractivity contribution < 1.29 is 0 Å². The summed E-state index contributed by atoms with van der Waals surface area (Å²) in [4.78, 5) is 0. The van der Waals surface area contributed by atoms with Gasteiger partial charge in [0.15, 0.2) is 0 Å². The molecule has 0 unspecified atom stereocenters. The third kappa shape index (κ3) is 6.19. The summed E-state index contributed by atoms with van der Waals surface area (Å²) >= 11 is 0. The minimum absolute atomic E-state index is 0.251. The average Bonchev–Trinajstić information content (AvgIpc) is 2.85. The summed E-state index contributed by atoms with van der Waals surface area (Å²) in [6, 6.07) is 32.4. The second-order valence-electron chi connectivity index (χ2n) is 5.82. The Morgan fingerprint density at radius 3 is 0.966 bits per heavy atom. The highest BCUT2D eigenvalue weighted by Gasteiger charge is 2.37. The average molecular weight is 389 g/mol. The van der Waals surface area contributed by atoms with E-state index in [-0.39, 0.29) is 5.41 Å². The molecule has 3 aromatic rings. The van der Waals surface area contributed by atoms with E-state index in [9.17, 15) is 0 Å². The van der Waals surface area contributed by atoms with Crippen LogP contribution >= 0.6 is 0 Å². The van der Waals surface area contributed by atoms with Crippen molar-refractivity contribution in [1.29, 1.82) is 0 Å². The van der Waals surface area contributed by atoms with Gasteiger partial charge >= 0.3 is 0 Å². The number of allylic oxidation sites excluding steroid dienone is 2. The Morgan fingerprint density at radius 2 is 0.759 bits per heavy atom. The van der Waals surface area contributed by atoms with Gasteiger partial charge in [-0.15, -0.1) is 0 Å². The van der Waals surface area contributed by atoms with Crippen molar-refractivity contribution in [3.05, 3.63) is 119 Å². The minimum Gasteiger partial charge on any atom is -0.0872 e. The Balaban J connectivity index is 0.00000120. The molecule has 0 N–H and O–H groups in total. The van der Waals surface area contributed by atoms with Crippen LogP contribution in [0.3, 0.4) is 0 Å². The van der Waals surface area contributed by atoms with E-state index < -0.39 is 0 Å². The van der Waals surface area contributed by atoms with Gasteiger partial charge in [0.1, 0.15) is 0 Å². The Hall–Kier alpha value is -2.60. The van der Waals surface area contributed by atoms with E-state index in [4.69, 9.17) is 0 Å². The van der Waals surface area contributed by atoms with Gasteiger partial charge in [0, 0.05) is 0 Å². The van der Waals surface area contributed by atoms with Gasteiger partial charge in [-0.2, -0.15) is 0 Å². The van der Waals surface area contributed by atoms with Crippen LogP contribution in [0.25, 0.3) is 0 Å². The van der Waals surface area contributed by atoms with Crippen LogP contribution in [0.1, 0.15) is 72.1 Å². The van der Waals surface area contributed by atoms with Gasteiger partial charge in [0.2, 0.25) is 0 Å². The third-order valence-corrected chi connectivity index (χ3v) is 4.64. The van der Waals surface area contributed by atoms with Crippen molar-refractivity contribution in [2.75, 3.05) is 0 Å². The normalized spacial score (nSPS) is 10.3. The summed E-state index contributed by atoms with van der Waals surface area (Å²) in [5, 5.41) is 0. The molecular weight excluding hydrogens is 348 g/mol. The molecule has 0 nitrogen and oxygen atoms in total. The van der Waals surface area contributed by atoms with E-state index in [1.54, 1.807) is 0 Å². The van der Waals surface area contributed by atoms with Crippen LogP contribution in [0.4, 0.5) is 0 Å². The summed E-state index contributed by atoms with van der Waals surface area (Å²) < 4.78 is 0. The van der Waals surface area contributed by atoms with Crippen molar-refractivity contribution >= 4 is 0 Å². The molecule has 0 aliphatic rings. The highest BCUT2D eigenvalue weighted by Crippen LogP contribution is 2.44. The molecule has 0 aliphatic heterocycles. The first kappa shape index (κ1) is 26.4. The lowest BCUT2D eigenvalue weighted by Gasteiger charge is -2.37. The van der Waals surface area contributed by atoms with Crippen LogP contribution in [0, 0.1) is 0 Å². The van der Waals surface area contributed by atoms with Crippen LogP contribution in [-0.2, 0) is 5.41 Å². The van der Waals surface area contributed by atoms with Crippen LogP contribution < -0.4 is 0 Å². The Labute approximate surface area is 180 Å². The van der Waals surface area contributed by atoms with Gasteiger partial charge < -0.3 is 0 Å². The molecule has 0 saturated carbocycles. The quantitative estimate of drug-likeness (QED) is 0.309. The van der Waals surface area contributed by atoms with E-state index in [1.165, 1.54) is 22.3 Å². The van der Waals surface area contributed by atoms with Gasteiger partial charge in [-0.3, -0.25) is 0 Å². The van der Waals surface area contributed by atoms with E-state index in [0.29, 0.717) is 0 Å². The minimum atomic E-state index is -0.251. The fraction of sp³-hybridized carbons (Fsp3) is 0.310. The number of hydrogen-bond acceptors (Lipinski definition) is 0. The zero-order chi connectivity index (χ0) is 22.1. The zero-order valence-corrected chi connectivity index (χ0v) is 19.7. The summed E-state index contributed by atoms with van der Waals surface area (Å²) in [5.74, 6) is 0. The van der Waals surface area contributed by atoms with Gasteiger partial charge in [0.25, 0.3) is 0 Å². The highest BCUT2D eigenvalue weighted by atomic mass is 14.4. The lowest BCUT2D eigenvalue weighted by atomic mass is 9.65. The fourth-order valence-corrected chi connectivity index (χ4v) is 3.46. The Morgan fingerprint density at radius 1 is 0.517 bits per heavy atom. The second kappa shape index (κ2) is 15.3. The monoisotopic (exact) mass is 388 g/mol. The molecule has 0 saturated heterocycles. The largest absolute Gasteiger partial charge is 0.0872 e. The lowest BCUT2D eigenvalue weighted by molar-refractivity contribution is 0.723. The van der Waals surface area contributed by atoms with E-state index in [2.05, 4.69) is 111 Å². The molecule has 0 amide bonds. The predicted octanol–water partition coefficient (Wildman–Crippen LogP) is 9.07. The van der Waals surface area contributed by atoms with Crippen molar-refractivity contribution in [1.82, 2.24) is 0 Å². The van der Waals surface area contributed by atoms with Gasteiger partial charge in [0.05, 0.1) is 5.41 Å². The number of hydrogen-bond donors (Lipinski definition) is 0. The van der Waals surface area contributed by atoms with Crippen LogP contribution in [0.5, 0.6) is 0 Å². The number of rotatable bonds is 4. The molecule has 3 rings (SSSR count). The van der Waals surface area contributed by atoms with E-state index in [0.717, 1.165) is 0 Å². The molecule has 29 heavy (non-hydrogen) atoms. The smallest absolute Gasteiger partial charge is 0.0658 e. The fourth-order valence-electron chi connectivity index (χ4n) is 3.46. The molecule has 0 aromatic heterocycles. The first-order valence-corrected chi connectivity index (χ1v) is 11.1. The third-order valence-electron chi connectivity index (χ3n) is 4.64.